The van der Waals surface area contributed by atoms with Crippen LogP contribution in [0.5, 0.6) is 5.75 Å². The van der Waals surface area contributed by atoms with Gasteiger partial charge in [-0.05, 0) is 49.5 Å². The lowest BCUT2D eigenvalue weighted by Crippen LogP contribution is -2.29. The minimum Gasteiger partial charge on any atom is -0.494 e. The molecule has 1 aromatic carbocycles. The van der Waals surface area contributed by atoms with Gasteiger partial charge in [0, 0.05) is 30.1 Å². The number of nitrogens with one attached hydrogen (secondary N) is 1. The molecule has 2 aliphatic rings. The molecule has 1 aliphatic heterocycles. The number of nitrogen functional groups attached to an aromatic ring is 1. The number of nitrogens with zero attached hydrogens (tertiary/aromatic N) is 4. The normalized spacial score (nSPS) is 19.4. The number of ether oxygens (including phenoxy) is 1. The average Bonchev–Trinajstić information content (AvgIpc) is 3.30. The molecule has 2 heterocycles. The number of hydrogen-bond donors (Lipinski definition) is 2. The quantitative estimate of drug-likeness (QED) is 0.607. The Kier molecular flexibility index (Phi) is 7.32. The first-order valence-electron chi connectivity index (χ1n) is 11.1. The third-order valence-corrected chi connectivity index (χ3v) is 7.40. The Bertz CT molecular complexity index is 873. The third kappa shape index (κ3) is 5.70. The van der Waals surface area contributed by atoms with Gasteiger partial charge in [-0.2, -0.15) is 26.7 Å². The van der Waals surface area contributed by atoms with Gasteiger partial charge in [-0.1, -0.05) is 19.3 Å². The first-order valence-corrected chi connectivity index (χ1v) is 12.2. The van der Waals surface area contributed by atoms with Crippen molar-refractivity contribution < 1.29 is 9.13 Å². The highest BCUT2D eigenvalue weighted by atomic mass is 32.2. The molecule has 1 aliphatic carbocycles. The van der Waals surface area contributed by atoms with E-state index in [1.165, 1.54) is 51.0 Å². The molecular weight excluding hydrogens is 415 g/mol. The standard InChI is InChI=1S/C22H31FN6OS/c1-30-19-10-9-16(12-18(19)23)29(14-15-6-3-2-4-7-15)22-27-20(24)26-21(28-22)25-13-17-8-5-11-31-17/h9-10,12,15,17H,2-8,11,13-14H2,1H3,(H3,24,25,26,27,28). The minimum absolute atomic E-state index is 0.161. The summed E-state index contributed by atoms with van der Waals surface area (Å²) < 4.78 is 19.6. The van der Waals surface area contributed by atoms with Gasteiger partial charge in [0.05, 0.1) is 7.11 Å². The first kappa shape index (κ1) is 21.9. The van der Waals surface area contributed by atoms with Gasteiger partial charge in [-0.25, -0.2) is 4.39 Å². The maximum Gasteiger partial charge on any atom is 0.236 e. The second-order valence-electron chi connectivity index (χ2n) is 8.27. The molecule has 0 amide bonds. The number of halogens is 1. The molecular formula is C22H31FN6OS. The molecule has 0 radical (unpaired) electrons. The highest BCUT2D eigenvalue weighted by Gasteiger charge is 2.23. The molecule has 1 atom stereocenters. The van der Waals surface area contributed by atoms with Crippen LogP contribution < -0.4 is 20.7 Å². The van der Waals surface area contributed by atoms with Crippen LogP contribution in [-0.2, 0) is 0 Å². The topological polar surface area (TPSA) is 89.2 Å². The maximum atomic E-state index is 14.5. The number of aromatic nitrogens is 3. The average molecular weight is 447 g/mol. The van der Waals surface area contributed by atoms with E-state index in [4.69, 9.17) is 10.5 Å². The Morgan fingerprint density at radius 3 is 2.71 bits per heavy atom. The number of anilines is 4. The van der Waals surface area contributed by atoms with E-state index in [0.717, 1.165) is 19.4 Å². The highest BCUT2D eigenvalue weighted by molar-refractivity contribution is 8.00. The van der Waals surface area contributed by atoms with Crippen LogP contribution in [0.3, 0.4) is 0 Å². The van der Waals surface area contributed by atoms with Crippen LogP contribution in [0.15, 0.2) is 18.2 Å². The molecule has 2 fully saturated rings. The second kappa shape index (κ2) is 10.3. The Morgan fingerprint density at radius 2 is 2.00 bits per heavy atom. The maximum absolute atomic E-state index is 14.5. The van der Waals surface area contributed by atoms with Crippen molar-refractivity contribution in [3.8, 4) is 5.75 Å². The molecule has 9 heteroatoms. The van der Waals surface area contributed by atoms with Crippen molar-refractivity contribution in [2.45, 2.75) is 50.2 Å². The van der Waals surface area contributed by atoms with E-state index in [9.17, 15) is 4.39 Å². The van der Waals surface area contributed by atoms with Gasteiger partial charge in [-0.15, -0.1) is 0 Å². The first-order chi connectivity index (χ1) is 15.1. The van der Waals surface area contributed by atoms with Crippen LogP contribution in [0.1, 0.15) is 44.9 Å². The smallest absolute Gasteiger partial charge is 0.236 e. The van der Waals surface area contributed by atoms with Crippen LogP contribution in [-0.4, -0.2) is 46.2 Å². The van der Waals surface area contributed by atoms with E-state index >= 15 is 0 Å². The van der Waals surface area contributed by atoms with Gasteiger partial charge in [-0.3, -0.25) is 0 Å². The van der Waals surface area contributed by atoms with E-state index in [1.807, 2.05) is 22.7 Å². The summed E-state index contributed by atoms with van der Waals surface area (Å²) in [4.78, 5) is 15.3. The summed E-state index contributed by atoms with van der Waals surface area (Å²) in [7, 11) is 1.46. The van der Waals surface area contributed by atoms with E-state index < -0.39 is 5.82 Å². The van der Waals surface area contributed by atoms with Crippen LogP contribution in [0.25, 0.3) is 0 Å². The van der Waals surface area contributed by atoms with Gasteiger partial charge < -0.3 is 20.7 Å². The Balaban J connectivity index is 1.60. The molecule has 0 spiro atoms. The van der Waals surface area contributed by atoms with Gasteiger partial charge in [0.2, 0.25) is 17.8 Å². The van der Waals surface area contributed by atoms with Crippen molar-refractivity contribution in [1.29, 1.82) is 0 Å². The molecule has 1 aromatic heterocycles. The van der Waals surface area contributed by atoms with Crippen LogP contribution in [0, 0.1) is 11.7 Å². The number of nitrogens with two attached hydrogens (primary N) is 1. The Labute approximate surface area is 187 Å². The lowest BCUT2D eigenvalue weighted by Gasteiger charge is -2.30. The lowest BCUT2D eigenvalue weighted by molar-refractivity contribution is 0.363. The number of methoxy groups -OCH3 is 1. The largest absolute Gasteiger partial charge is 0.494 e. The van der Waals surface area contributed by atoms with Crippen molar-refractivity contribution in [3.63, 3.8) is 0 Å². The molecule has 3 N–H and O–H groups in total. The van der Waals surface area contributed by atoms with E-state index in [-0.39, 0.29) is 11.7 Å². The van der Waals surface area contributed by atoms with Crippen molar-refractivity contribution in [3.05, 3.63) is 24.0 Å². The number of thioether (sulfide) groups is 1. The Morgan fingerprint density at radius 1 is 1.16 bits per heavy atom. The van der Waals surface area contributed by atoms with Gasteiger partial charge in [0.1, 0.15) is 0 Å². The summed E-state index contributed by atoms with van der Waals surface area (Å²) in [5, 5.41) is 3.89. The summed E-state index contributed by atoms with van der Waals surface area (Å²) in [6.07, 6.45) is 8.48. The van der Waals surface area contributed by atoms with E-state index in [1.54, 1.807) is 6.07 Å². The molecule has 1 saturated carbocycles. The summed E-state index contributed by atoms with van der Waals surface area (Å²) in [6, 6.07) is 4.95. The zero-order valence-electron chi connectivity index (χ0n) is 18.0. The fraction of sp³-hybridized carbons (Fsp3) is 0.591. The predicted molar refractivity (Wildman–Crippen MR) is 125 cm³/mol. The van der Waals surface area contributed by atoms with Crippen molar-refractivity contribution in [2.24, 2.45) is 5.92 Å². The minimum atomic E-state index is -0.410. The van der Waals surface area contributed by atoms with E-state index in [2.05, 4.69) is 20.3 Å². The fourth-order valence-corrected chi connectivity index (χ4v) is 5.55. The summed E-state index contributed by atoms with van der Waals surface area (Å²) >= 11 is 1.97. The van der Waals surface area contributed by atoms with Crippen LogP contribution in [0.4, 0.5) is 27.9 Å². The molecule has 1 unspecified atom stereocenters. The van der Waals surface area contributed by atoms with Gasteiger partial charge in [0.15, 0.2) is 11.6 Å². The summed E-state index contributed by atoms with van der Waals surface area (Å²) in [6.45, 7) is 1.51. The van der Waals surface area contributed by atoms with Crippen molar-refractivity contribution in [1.82, 2.24) is 15.0 Å². The van der Waals surface area contributed by atoms with E-state index in [0.29, 0.717) is 35.3 Å². The zero-order valence-corrected chi connectivity index (χ0v) is 18.8. The van der Waals surface area contributed by atoms with Crippen molar-refractivity contribution >= 4 is 35.3 Å². The highest BCUT2D eigenvalue weighted by Crippen LogP contribution is 2.32. The van der Waals surface area contributed by atoms with Crippen LogP contribution >= 0.6 is 11.8 Å². The van der Waals surface area contributed by atoms with Crippen molar-refractivity contribution in [2.75, 3.05) is 41.9 Å². The fourth-order valence-electron chi connectivity index (χ4n) is 4.34. The SMILES string of the molecule is COc1ccc(N(CC2CCCCC2)c2nc(N)nc(NCC3CCCS3)n2)cc1F. The lowest BCUT2D eigenvalue weighted by atomic mass is 9.89. The van der Waals surface area contributed by atoms with Gasteiger partial charge in [0.25, 0.3) is 0 Å². The number of rotatable bonds is 8. The molecule has 31 heavy (non-hydrogen) atoms. The number of benzene rings is 1. The predicted octanol–water partition coefficient (Wildman–Crippen LogP) is 4.63. The molecule has 1 saturated heterocycles. The molecule has 0 bridgehead atoms. The molecule has 4 rings (SSSR count). The van der Waals surface area contributed by atoms with Crippen LogP contribution in [0.2, 0.25) is 0 Å². The summed E-state index contributed by atoms with van der Waals surface area (Å²) in [5.74, 6) is 2.59. The Hall–Kier alpha value is -2.29. The monoisotopic (exact) mass is 446 g/mol. The zero-order chi connectivity index (χ0) is 21.6. The third-order valence-electron chi connectivity index (χ3n) is 6.01. The number of hydrogen-bond acceptors (Lipinski definition) is 8. The summed E-state index contributed by atoms with van der Waals surface area (Å²) in [5.41, 5.74) is 6.73. The molecule has 168 valence electrons. The van der Waals surface area contributed by atoms with Gasteiger partial charge >= 0.3 is 0 Å². The second-order valence-corrected chi connectivity index (χ2v) is 9.67. The molecule has 7 nitrogen and oxygen atoms in total. The molecule has 2 aromatic rings.